The van der Waals surface area contributed by atoms with Gasteiger partial charge in [0.25, 0.3) is 5.91 Å². The number of nitrogen functional groups attached to an aromatic ring is 1. The van der Waals surface area contributed by atoms with Crippen LogP contribution in [0.3, 0.4) is 0 Å². The van der Waals surface area contributed by atoms with E-state index >= 15 is 0 Å². The lowest BCUT2D eigenvalue weighted by Crippen LogP contribution is -2.19. The molecule has 0 radical (unpaired) electrons. The normalized spacial score (nSPS) is 13.1. The number of benzene rings is 1. The van der Waals surface area contributed by atoms with E-state index in [9.17, 15) is 4.79 Å². The molecule has 1 aliphatic rings. The summed E-state index contributed by atoms with van der Waals surface area (Å²) in [7, 11) is 1.87. The minimum absolute atomic E-state index is 0.236. The van der Waals surface area contributed by atoms with Gasteiger partial charge in [-0.3, -0.25) is 4.79 Å². The maximum Gasteiger partial charge on any atom is 0.275 e. The fourth-order valence-corrected chi connectivity index (χ4v) is 3.32. The Morgan fingerprint density at radius 2 is 1.93 bits per heavy atom. The number of nitrogens with one attached hydrogen (secondary N) is 1. The van der Waals surface area contributed by atoms with E-state index in [1.54, 1.807) is 12.4 Å². The molecule has 1 aromatic carbocycles. The van der Waals surface area contributed by atoms with Crippen molar-refractivity contribution in [3.05, 3.63) is 59.2 Å². The molecule has 28 heavy (non-hydrogen) atoms. The maximum atomic E-state index is 12.6. The van der Waals surface area contributed by atoms with E-state index in [1.165, 1.54) is 5.56 Å². The number of amides is 1. The lowest BCUT2D eigenvalue weighted by molar-refractivity contribution is 0.102. The van der Waals surface area contributed by atoms with Crippen molar-refractivity contribution in [1.82, 2.24) is 19.5 Å². The van der Waals surface area contributed by atoms with Gasteiger partial charge in [-0.05, 0) is 23.6 Å². The van der Waals surface area contributed by atoms with E-state index in [0.717, 1.165) is 16.9 Å². The summed E-state index contributed by atoms with van der Waals surface area (Å²) in [6, 6.07) is 7.88. The zero-order valence-corrected chi connectivity index (χ0v) is 16.2. The second-order valence-corrected chi connectivity index (χ2v) is 7.32. The minimum atomic E-state index is -0.236. The number of carbonyl (C=O) groups is 1. The molecule has 0 spiro atoms. The van der Waals surface area contributed by atoms with E-state index in [-0.39, 0.29) is 11.9 Å². The van der Waals surface area contributed by atoms with E-state index in [0.29, 0.717) is 30.6 Å². The molecule has 0 atom stereocenters. The molecule has 0 saturated carbocycles. The van der Waals surface area contributed by atoms with Gasteiger partial charge in [0, 0.05) is 37.2 Å². The fourth-order valence-electron chi connectivity index (χ4n) is 3.32. The molecule has 0 fully saturated rings. The van der Waals surface area contributed by atoms with Crippen molar-refractivity contribution in [2.45, 2.75) is 32.9 Å². The number of fused-ring (bicyclic) bond motifs is 1. The Morgan fingerprint density at radius 3 is 2.64 bits per heavy atom. The van der Waals surface area contributed by atoms with Gasteiger partial charge in [0.15, 0.2) is 0 Å². The van der Waals surface area contributed by atoms with Crippen LogP contribution in [-0.4, -0.2) is 25.4 Å². The maximum absolute atomic E-state index is 12.6. The van der Waals surface area contributed by atoms with Crippen LogP contribution in [0.25, 0.3) is 0 Å². The number of rotatable bonds is 4. The first-order valence-corrected chi connectivity index (χ1v) is 9.20. The average molecular weight is 377 g/mol. The number of nitrogens with zero attached hydrogens (tertiary/aromatic N) is 5. The Hall–Kier alpha value is -3.42. The zero-order chi connectivity index (χ0) is 19.8. The van der Waals surface area contributed by atoms with E-state index < -0.39 is 0 Å². The van der Waals surface area contributed by atoms with Crippen LogP contribution >= 0.6 is 0 Å². The van der Waals surface area contributed by atoms with Gasteiger partial charge in [-0.1, -0.05) is 26.0 Å². The number of carbonyl (C=O) groups excluding carboxylic acids is 1. The minimum Gasteiger partial charge on any atom is -0.368 e. The highest BCUT2D eigenvalue weighted by atomic mass is 16.1. The fraction of sp³-hybridized carbons (Fsp3) is 0.300. The summed E-state index contributed by atoms with van der Waals surface area (Å²) in [5.41, 5.74) is 9.94. The SMILES string of the molecule is CC(C)c1ccc(NC(=O)c2cn(C)c(N3Cc4cnc(N)nc4C3)n2)cc1. The summed E-state index contributed by atoms with van der Waals surface area (Å²) in [5.74, 6) is 1.19. The molecule has 3 N–H and O–H groups in total. The van der Waals surface area contributed by atoms with Gasteiger partial charge in [0.1, 0.15) is 5.69 Å². The number of nitrogens with two attached hydrogens (primary N) is 1. The number of anilines is 3. The second-order valence-electron chi connectivity index (χ2n) is 7.32. The van der Waals surface area contributed by atoms with Crippen molar-refractivity contribution in [3.8, 4) is 0 Å². The Labute approximate surface area is 163 Å². The third-order valence-corrected chi connectivity index (χ3v) is 4.88. The first-order valence-electron chi connectivity index (χ1n) is 9.20. The van der Waals surface area contributed by atoms with E-state index in [2.05, 4.69) is 34.1 Å². The molecule has 8 nitrogen and oxygen atoms in total. The topological polar surface area (TPSA) is 102 Å². The highest BCUT2D eigenvalue weighted by Crippen LogP contribution is 2.26. The Bertz CT molecular complexity index is 1020. The first kappa shape index (κ1) is 18.0. The van der Waals surface area contributed by atoms with Gasteiger partial charge in [0.2, 0.25) is 11.9 Å². The van der Waals surface area contributed by atoms with Crippen LogP contribution < -0.4 is 16.0 Å². The molecule has 0 unspecified atom stereocenters. The van der Waals surface area contributed by atoms with Crippen LogP contribution in [0.1, 0.15) is 47.1 Å². The number of aromatic nitrogens is 4. The molecule has 4 rings (SSSR count). The first-order chi connectivity index (χ1) is 13.4. The van der Waals surface area contributed by atoms with Crippen LogP contribution in [0.5, 0.6) is 0 Å². The van der Waals surface area contributed by atoms with Gasteiger partial charge in [-0.2, -0.15) is 0 Å². The molecule has 3 aromatic rings. The lowest BCUT2D eigenvalue weighted by Gasteiger charge is -2.15. The predicted octanol–water partition coefficient (Wildman–Crippen LogP) is 2.69. The van der Waals surface area contributed by atoms with E-state index in [1.807, 2.05) is 40.8 Å². The Kier molecular flexibility index (Phi) is 4.46. The summed E-state index contributed by atoms with van der Waals surface area (Å²) in [5, 5.41) is 2.91. The van der Waals surface area contributed by atoms with Crippen LogP contribution in [0, 0.1) is 0 Å². The lowest BCUT2D eigenvalue weighted by atomic mass is 10.0. The van der Waals surface area contributed by atoms with Crippen LogP contribution in [0.2, 0.25) is 0 Å². The smallest absolute Gasteiger partial charge is 0.275 e. The van der Waals surface area contributed by atoms with Gasteiger partial charge in [0.05, 0.1) is 12.2 Å². The molecular formula is C20H23N7O. The summed E-state index contributed by atoms with van der Waals surface area (Å²) >= 11 is 0. The number of hydrogen-bond donors (Lipinski definition) is 2. The van der Waals surface area contributed by atoms with Crippen molar-refractivity contribution in [3.63, 3.8) is 0 Å². The molecule has 2 aromatic heterocycles. The quantitative estimate of drug-likeness (QED) is 0.725. The summed E-state index contributed by atoms with van der Waals surface area (Å²) in [4.78, 5) is 27.5. The van der Waals surface area contributed by atoms with Gasteiger partial charge >= 0.3 is 0 Å². The Morgan fingerprint density at radius 1 is 1.18 bits per heavy atom. The summed E-state index contributed by atoms with van der Waals surface area (Å²) < 4.78 is 1.85. The average Bonchev–Trinajstić information content (AvgIpc) is 3.25. The molecule has 8 heteroatoms. The zero-order valence-electron chi connectivity index (χ0n) is 16.2. The van der Waals surface area contributed by atoms with Crippen molar-refractivity contribution < 1.29 is 4.79 Å². The highest BCUT2D eigenvalue weighted by Gasteiger charge is 2.25. The number of hydrogen-bond acceptors (Lipinski definition) is 6. The molecule has 0 aliphatic carbocycles. The molecule has 0 bridgehead atoms. The third kappa shape index (κ3) is 3.40. The van der Waals surface area contributed by atoms with Gasteiger partial charge in [-0.15, -0.1) is 0 Å². The molecule has 144 valence electrons. The summed E-state index contributed by atoms with van der Waals surface area (Å²) in [6.07, 6.45) is 3.48. The second kappa shape index (κ2) is 6.95. The standard InChI is InChI=1S/C20H23N7O/c1-12(2)13-4-6-15(7-5-13)23-18(28)17-10-26(3)20(25-17)27-9-14-8-22-19(21)24-16(14)11-27/h4-8,10,12H,9,11H2,1-3H3,(H,23,28)(H2,21,22,24). The molecule has 1 amide bonds. The van der Waals surface area contributed by atoms with Gasteiger partial charge < -0.3 is 20.5 Å². The summed E-state index contributed by atoms with van der Waals surface area (Å²) in [6.45, 7) is 5.50. The van der Waals surface area contributed by atoms with Crippen molar-refractivity contribution in [2.24, 2.45) is 7.05 Å². The number of aryl methyl sites for hydroxylation is 1. The van der Waals surface area contributed by atoms with E-state index in [4.69, 9.17) is 5.73 Å². The molecule has 3 heterocycles. The predicted molar refractivity (Wildman–Crippen MR) is 108 cm³/mol. The van der Waals surface area contributed by atoms with Crippen LogP contribution in [-0.2, 0) is 20.1 Å². The molecule has 0 saturated heterocycles. The van der Waals surface area contributed by atoms with Crippen molar-refractivity contribution >= 4 is 23.5 Å². The van der Waals surface area contributed by atoms with Crippen molar-refractivity contribution in [2.75, 3.05) is 16.0 Å². The van der Waals surface area contributed by atoms with Crippen LogP contribution in [0.4, 0.5) is 17.6 Å². The van der Waals surface area contributed by atoms with Crippen LogP contribution in [0.15, 0.2) is 36.7 Å². The van der Waals surface area contributed by atoms with Crippen molar-refractivity contribution in [1.29, 1.82) is 0 Å². The van der Waals surface area contributed by atoms with Gasteiger partial charge in [-0.25, -0.2) is 15.0 Å². The molecular weight excluding hydrogens is 354 g/mol. The third-order valence-electron chi connectivity index (χ3n) is 4.88. The number of imidazole rings is 1. The monoisotopic (exact) mass is 377 g/mol. The molecule has 1 aliphatic heterocycles. The highest BCUT2D eigenvalue weighted by molar-refractivity contribution is 6.03. The Balaban J connectivity index is 1.49. The largest absolute Gasteiger partial charge is 0.368 e.